The van der Waals surface area contributed by atoms with Crippen molar-refractivity contribution in [3.05, 3.63) is 29.3 Å². The number of carbonyl (C=O) groups is 2. The SMILES string of the molecule is O=C(Nc1ccccc1Cl)C1CCN(C(=O)NC2CC2)CC1. The fourth-order valence-corrected chi connectivity index (χ4v) is 2.82. The van der Waals surface area contributed by atoms with Crippen LogP contribution in [0.15, 0.2) is 24.3 Å². The summed E-state index contributed by atoms with van der Waals surface area (Å²) in [5.41, 5.74) is 0.642. The normalized spacial score (nSPS) is 18.9. The van der Waals surface area contributed by atoms with E-state index in [1.54, 1.807) is 17.0 Å². The smallest absolute Gasteiger partial charge is 0.317 e. The fourth-order valence-electron chi connectivity index (χ4n) is 2.64. The van der Waals surface area contributed by atoms with Crippen molar-refractivity contribution in [1.29, 1.82) is 0 Å². The molecule has 0 spiro atoms. The van der Waals surface area contributed by atoms with Gasteiger partial charge in [-0.05, 0) is 37.8 Å². The number of rotatable bonds is 3. The van der Waals surface area contributed by atoms with E-state index in [0.29, 0.717) is 42.7 Å². The van der Waals surface area contributed by atoms with Crippen LogP contribution in [0.4, 0.5) is 10.5 Å². The lowest BCUT2D eigenvalue weighted by Crippen LogP contribution is -2.46. The van der Waals surface area contributed by atoms with Crippen LogP contribution in [0.3, 0.4) is 0 Å². The minimum absolute atomic E-state index is 0.00691. The number of likely N-dealkylation sites (tertiary alicyclic amines) is 1. The molecule has 0 atom stereocenters. The molecule has 1 saturated heterocycles. The Hall–Kier alpha value is -1.75. The summed E-state index contributed by atoms with van der Waals surface area (Å²) >= 11 is 6.05. The number of urea groups is 1. The summed E-state index contributed by atoms with van der Waals surface area (Å²) < 4.78 is 0. The van der Waals surface area contributed by atoms with Crippen molar-refractivity contribution in [3.63, 3.8) is 0 Å². The van der Waals surface area contributed by atoms with E-state index in [1.807, 2.05) is 12.1 Å². The molecule has 3 rings (SSSR count). The molecule has 1 aliphatic carbocycles. The summed E-state index contributed by atoms with van der Waals surface area (Å²) in [6.07, 6.45) is 3.55. The molecule has 0 aromatic heterocycles. The lowest BCUT2D eigenvalue weighted by Gasteiger charge is -2.31. The largest absolute Gasteiger partial charge is 0.335 e. The zero-order valence-electron chi connectivity index (χ0n) is 12.3. The molecule has 6 heteroatoms. The zero-order chi connectivity index (χ0) is 15.5. The van der Waals surface area contributed by atoms with Crippen LogP contribution in [-0.2, 0) is 4.79 Å². The van der Waals surface area contributed by atoms with Crippen LogP contribution in [0, 0.1) is 5.92 Å². The molecule has 2 aliphatic rings. The number of para-hydroxylation sites is 1. The molecule has 1 aromatic carbocycles. The number of hydrogen-bond acceptors (Lipinski definition) is 2. The molecule has 1 heterocycles. The second kappa shape index (κ2) is 6.57. The van der Waals surface area contributed by atoms with E-state index in [4.69, 9.17) is 11.6 Å². The van der Waals surface area contributed by atoms with Gasteiger partial charge in [0.25, 0.3) is 0 Å². The highest BCUT2D eigenvalue weighted by Gasteiger charge is 2.30. The summed E-state index contributed by atoms with van der Waals surface area (Å²) in [7, 11) is 0. The summed E-state index contributed by atoms with van der Waals surface area (Å²) in [6, 6.07) is 7.59. The van der Waals surface area contributed by atoms with Crippen LogP contribution in [0.2, 0.25) is 5.02 Å². The number of halogens is 1. The van der Waals surface area contributed by atoms with Crippen LogP contribution in [-0.4, -0.2) is 36.0 Å². The topological polar surface area (TPSA) is 61.4 Å². The molecule has 5 nitrogen and oxygen atoms in total. The highest BCUT2D eigenvalue weighted by Crippen LogP contribution is 2.24. The van der Waals surface area contributed by atoms with Gasteiger partial charge in [0.2, 0.25) is 5.91 Å². The minimum atomic E-state index is -0.0683. The first-order valence-corrected chi connectivity index (χ1v) is 8.12. The summed E-state index contributed by atoms with van der Waals surface area (Å²) in [6.45, 7) is 1.25. The van der Waals surface area contributed by atoms with Crippen molar-refractivity contribution in [2.24, 2.45) is 5.92 Å². The molecule has 1 aromatic rings. The van der Waals surface area contributed by atoms with Gasteiger partial charge in [-0.15, -0.1) is 0 Å². The van der Waals surface area contributed by atoms with Crippen molar-refractivity contribution in [3.8, 4) is 0 Å². The van der Waals surface area contributed by atoms with E-state index in [-0.39, 0.29) is 17.9 Å². The maximum absolute atomic E-state index is 12.3. The minimum Gasteiger partial charge on any atom is -0.335 e. The number of nitrogens with one attached hydrogen (secondary N) is 2. The van der Waals surface area contributed by atoms with Gasteiger partial charge < -0.3 is 15.5 Å². The third kappa shape index (κ3) is 3.71. The molecule has 2 fully saturated rings. The van der Waals surface area contributed by atoms with Gasteiger partial charge in [0, 0.05) is 25.0 Å². The van der Waals surface area contributed by atoms with Crippen molar-refractivity contribution in [1.82, 2.24) is 10.2 Å². The Morgan fingerprint density at radius 2 is 1.77 bits per heavy atom. The van der Waals surface area contributed by atoms with Crippen LogP contribution in [0.5, 0.6) is 0 Å². The molecular weight excluding hydrogens is 302 g/mol. The lowest BCUT2D eigenvalue weighted by atomic mass is 9.96. The number of carbonyl (C=O) groups excluding carboxylic acids is 2. The molecule has 1 aliphatic heterocycles. The van der Waals surface area contributed by atoms with Gasteiger partial charge in [0.1, 0.15) is 0 Å². The van der Waals surface area contributed by atoms with Gasteiger partial charge in [-0.25, -0.2) is 4.79 Å². The summed E-state index contributed by atoms with van der Waals surface area (Å²) in [4.78, 5) is 26.1. The molecule has 1 saturated carbocycles. The molecule has 2 N–H and O–H groups in total. The first-order chi connectivity index (χ1) is 10.6. The molecular formula is C16H20ClN3O2. The summed E-state index contributed by atoms with van der Waals surface area (Å²) in [5, 5.41) is 6.40. The number of piperidine rings is 1. The van der Waals surface area contributed by atoms with Crippen molar-refractivity contribution in [2.75, 3.05) is 18.4 Å². The predicted molar refractivity (Wildman–Crippen MR) is 85.9 cm³/mol. The van der Waals surface area contributed by atoms with E-state index in [9.17, 15) is 9.59 Å². The fraction of sp³-hybridized carbons (Fsp3) is 0.500. The maximum Gasteiger partial charge on any atom is 0.317 e. The Balaban J connectivity index is 1.49. The van der Waals surface area contributed by atoms with E-state index in [1.165, 1.54) is 0 Å². The second-order valence-electron chi connectivity index (χ2n) is 5.95. The van der Waals surface area contributed by atoms with Gasteiger partial charge in [-0.2, -0.15) is 0 Å². The van der Waals surface area contributed by atoms with Gasteiger partial charge in [0.05, 0.1) is 10.7 Å². The zero-order valence-corrected chi connectivity index (χ0v) is 13.1. The van der Waals surface area contributed by atoms with Crippen molar-refractivity contribution in [2.45, 2.75) is 31.7 Å². The van der Waals surface area contributed by atoms with Crippen molar-refractivity contribution >= 4 is 29.2 Å². The lowest BCUT2D eigenvalue weighted by molar-refractivity contribution is -0.121. The van der Waals surface area contributed by atoms with Crippen LogP contribution in [0.25, 0.3) is 0 Å². The van der Waals surface area contributed by atoms with E-state index in [0.717, 1.165) is 12.8 Å². The van der Waals surface area contributed by atoms with E-state index < -0.39 is 0 Å². The first-order valence-electron chi connectivity index (χ1n) is 7.74. The molecule has 118 valence electrons. The Labute approximate surface area is 135 Å². The monoisotopic (exact) mass is 321 g/mol. The average molecular weight is 322 g/mol. The van der Waals surface area contributed by atoms with E-state index in [2.05, 4.69) is 10.6 Å². The molecule has 22 heavy (non-hydrogen) atoms. The van der Waals surface area contributed by atoms with Gasteiger partial charge in [0.15, 0.2) is 0 Å². The average Bonchev–Trinajstić information content (AvgIpc) is 3.33. The number of amides is 3. The Kier molecular flexibility index (Phi) is 4.52. The Morgan fingerprint density at radius 3 is 2.41 bits per heavy atom. The third-order valence-electron chi connectivity index (χ3n) is 4.19. The standard InChI is InChI=1S/C16H20ClN3O2/c17-13-3-1-2-4-14(13)19-15(21)11-7-9-20(10-8-11)16(22)18-12-5-6-12/h1-4,11-12H,5-10H2,(H,18,22)(H,19,21). The number of nitrogens with zero attached hydrogens (tertiary/aromatic N) is 1. The van der Waals surface area contributed by atoms with Gasteiger partial charge in [-0.3, -0.25) is 4.79 Å². The van der Waals surface area contributed by atoms with Crippen LogP contribution in [0.1, 0.15) is 25.7 Å². The van der Waals surface area contributed by atoms with Crippen LogP contribution >= 0.6 is 11.6 Å². The number of benzene rings is 1. The quantitative estimate of drug-likeness (QED) is 0.899. The third-order valence-corrected chi connectivity index (χ3v) is 4.52. The Morgan fingerprint density at radius 1 is 1.09 bits per heavy atom. The van der Waals surface area contributed by atoms with Crippen LogP contribution < -0.4 is 10.6 Å². The highest BCUT2D eigenvalue weighted by molar-refractivity contribution is 6.33. The van der Waals surface area contributed by atoms with E-state index >= 15 is 0 Å². The second-order valence-corrected chi connectivity index (χ2v) is 6.36. The molecule has 0 unspecified atom stereocenters. The van der Waals surface area contributed by atoms with Gasteiger partial charge >= 0.3 is 6.03 Å². The Bertz CT molecular complexity index is 566. The van der Waals surface area contributed by atoms with Gasteiger partial charge in [-0.1, -0.05) is 23.7 Å². The molecule has 3 amide bonds. The predicted octanol–water partition coefficient (Wildman–Crippen LogP) is 2.86. The molecule has 0 bridgehead atoms. The summed E-state index contributed by atoms with van der Waals surface area (Å²) in [5.74, 6) is -0.0865. The number of hydrogen-bond donors (Lipinski definition) is 2. The highest BCUT2D eigenvalue weighted by atomic mass is 35.5. The molecule has 0 radical (unpaired) electrons. The number of anilines is 1. The maximum atomic E-state index is 12.3. The van der Waals surface area contributed by atoms with Crippen molar-refractivity contribution < 1.29 is 9.59 Å². The first kappa shape index (κ1) is 15.2.